The summed E-state index contributed by atoms with van der Waals surface area (Å²) in [4.78, 5) is 13.3. The van der Waals surface area contributed by atoms with Crippen LogP contribution in [-0.4, -0.2) is 37.3 Å². The average molecular weight is 320 g/mol. The Kier molecular flexibility index (Phi) is 6.02. The number of amides is 1. The number of anilines is 1. The van der Waals surface area contributed by atoms with Gasteiger partial charge in [0.25, 0.3) is 0 Å². The molecular weight excluding hydrogens is 301 g/mol. The van der Waals surface area contributed by atoms with Gasteiger partial charge in [-0.05, 0) is 24.3 Å². The van der Waals surface area contributed by atoms with Crippen LogP contribution in [0.15, 0.2) is 24.3 Å². The molecule has 2 N–H and O–H groups in total. The van der Waals surface area contributed by atoms with E-state index in [0.717, 1.165) is 5.69 Å². The highest BCUT2D eigenvalue weighted by atomic mass is 35.5. The monoisotopic (exact) mass is 319 g/mol. The second-order valence-electron chi connectivity index (χ2n) is 4.32. The molecule has 1 aromatic carbocycles. The molecule has 1 unspecified atom stereocenters. The van der Waals surface area contributed by atoms with Crippen LogP contribution in [0.2, 0.25) is 0 Å². The Labute approximate surface area is 123 Å². The van der Waals surface area contributed by atoms with Crippen molar-refractivity contribution in [2.45, 2.75) is 6.92 Å². The SMILES string of the molecule is CC(=O)N(N)P(=O)(OCCCl)c1ccc(N(C)C)cc1. The van der Waals surface area contributed by atoms with Crippen molar-refractivity contribution >= 4 is 36.0 Å². The Hall–Kier alpha value is -1.07. The molecule has 6 nitrogen and oxygen atoms in total. The van der Waals surface area contributed by atoms with Crippen LogP contribution >= 0.6 is 19.1 Å². The third-order valence-electron chi connectivity index (χ3n) is 2.64. The van der Waals surface area contributed by atoms with Crippen molar-refractivity contribution in [3.8, 4) is 0 Å². The van der Waals surface area contributed by atoms with E-state index in [1.54, 1.807) is 24.3 Å². The third kappa shape index (κ3) is 3.73. The lowest BCUT2D eigenvalue weighted by Gasteiger charge is -2.26. The number of nitrogens with two attached hydrogens (primary N) is 1. The van der Waals surface area contributed by atoms with Gasteiger partial charge in [0, 0.05) is 32.6 Å². The summed E-state index contributed by atoms with van der Waals surface area (Å²) in [5.41, 5.74) is 0.934. The fourth-order valence-corrected chi connectivity index (χ4v) is 3.49. The summed E-state index contributed by atoms with van der Waals surface area (Å²) >= 11 is 5.55. The van der Waals surface area contributed by atoms with E-state index in [-0.39, 0.29) is 12.5 Å². The van der Waals surface area contributed by atoms with E-state index in [4.69, 9.17) is 22.0 Å². The number of hydrogen-bond acceptors (Lipinski definition) is 5. The molecule has 20 heavy (non-hydrogen) atoms. The van der Waals surface area contributed by atoms with Gasteiger partial charge in [-0.15, -0.1) is 11.6 Å². The van der Waals surface area contributed by atoms with Gasteiger partial charge >= 0.3 is 7.52 Å². The zero-order valence-corrected chi connectivity index (χ0v) is 13.4. The molecule has 0 spiro atoms. The predicted molar refractivity (Wildman–Crippen MR) is 81.4 cm³/mol. The first-order valence-corrected chi connectivity index (χ1v) is 8.08. The number of hydrazine groups is 1. The number of carbonyl (C=O) groups excluding carboxylic acids is 1. The largest absolute Gasteiger partial charge is 0.378 e. The highest BCUT2D eigenvalue weighted by molar-refractivity contribution is 7.65. The minimum Gasteiger partial charge on any atom is -0.378 e. The van der Waals surface area contributed by atoms with Gasteiger partial charge in [-0.2, -0.15) is 0 Å². The zero-order valence-electron chi connectivity index (χ0n) is 11.7. The predicted octanol–water partition coefficient (Wildman–Crippen LogP) is 1.55. The first kappa shape index (κ1) is 17.0. The third-order valence-corrected chi connectivity index (χ3v) is 5.13. The van der Waals surface area contributed by atoms with Gasteiger partial charge in [-0.3, -0.25) is 9.36 Å². The summed E-state index contributed by atoms with van der Waals surface area (Å²) in [6.45, 7) is 1.26. The summed E-state index contributed by atoms with van der Waals surface area (Å²) in [7, 11) is 0.158. The number of nitrogens with zero attached hydrogens (tertiary/aromatic N) is 2. The van der Waals surface area contributed by atoms with E-state index >= 15 is 0 Å². The van der Waals surface area contributed by atoms with Gasteiger partial charge in [0.15, 0.2) is 0 Å². The fourth-order valence-electron chi connectivity index (χ4n) is 1.54. The lowest BCUT2D eigenvalue weighted by molar-refractivity contribution is -0.124. The summed E-state index contributed by atoms with van der Waals surface area (Å²) in [6, 6.07) is 6.82. The minimum atomic E-state index is -3.63. The molecule has 0 aliphatic rings. The smallest absolute Gasteiger partial charge is 0.342 e. The van der Waals surface area contributed by atoms with E-state index in [1.165, 1.54) is 6.92 Å². The molecule has 112 valence electrons. The zero-order chi connectivity index (χ0) is 15.3. The molecule has 1 rings (SSSR count). The normalized spacial score (nSPS) is 13.7. The lowest BCUT2D eigenvalue weighted by Crippen LogP contribution is -2.37. The van der Waals surface area contributed by atoms with Gasteiger partial charge in [0.05, 0.1) is 11.9 Å². The van der Waals surface area contributed by atoms with Crippen molar-refractivity contribution in [2.75, 3.05) is 31.5 Å². The highest BCUT2D eigenvalue weighted by Gasteiger charge is 2.34. The van der Waals surface area contributed by atoms with Crippen molar-refractivity contribution < 1.29 is 13.9 Å². The first-order chi connectivity index (χ1) is 9.32. The van der Waals surface area contributed by atoms with Crippen LogP contribution in [0.1, 0.15) is 6.92 Å². The Bertz CT molecular complexity index is 507. The molecule has 0 saturated carbocycles. The Morgan fingerprint density at radius 3 is 2.30 bits per heavy atom. The molecule has 1 aromatic rings. The molecular formula is C12H19ClN3O3P. The van der Waals surface area contributed by atoms with Crippen LogP contribution in [0.25, 0.3) is 0 Å². The lowest BCUT2D eigenvalue weighted by atomic mass is 10.3. The van der Waals surface area contributed by atoms with Crippen LogP contribution in [0, 0.1) is 0 Å². The van der Waals surface area contributed by atoms with Gasteiger partial charge < -0.3 is 9.42 Å². The van der Waals surface area contributed by atoms with Crippen molar-refractivity contribution in [1.82, 2.24) is 4.78 Å². The molecule has 0 heterocycles. The average Bonchev–Trinajstić information content (AvgIpc) is 2.43. The summed E-state index contributed by atoms with van der Waals surface area (Å²) in [5.74, 6) is 5.22. The van der Waals surface area contributed by atoms with E-state index < -0.39 is 13.4 Å². The number of hydrogen-bond donors (Lipinski definition) is 1. The highest BCUT2D eigenvalue weighted by Crippen LogP contribution is 2.47. The van der Waals surface area contributed by atoms with Crippen molar-refractivity contribution in [2.24, 2.45) is 5.84 Å². The molecule has 1 atom stereocenters. The van der Waals surface area contributed by atoms with Gasteiger partial charge in [0.1, 0.15) is 0 Å². The number of alkyl halides is 1. The summed E-state index contributed by atoms with van der Waals surface area (Å²) in [6.07, 6.45) is 0. The Morgan fingerprint density at radius 2 is 1.90 bits per heavy atom. The molecule has 0 aromatic heterocycles. The Morgan fingerprint density at radius 1 is 1.35 bits per heavy atom. The quantitative estimate of drug-likeness (QED) is 0.283. The standard InChI is InChI=1S/C12H19ClN3O3P/c1-10(17)16(14)20(18,19-9-8-13)12-6-4-11(5-7-12)15(2)3/h4-7H,8-9,14H2,1-3H3. The van der Waals surface area contributed by atoms with E-state index in [2.05, 4.69) is 0 Å². The van der Waals surface area contributed by atoms with Crippen LogP contribution in [0.5, 0.6) is 0 Å². The van der Waals surface area contributed by atoms with E-state index in [0.29, 0.717) is 10.1 Å². The maximum atomic E-state index is 12.9. The van der Waals surface area contributed by atoms with Crippen LogP contribution in [0.4, 0.5) is 5.69 Å². The molecule has 8 heteroatoms. The minimum absolute atomic E-state index is 0.0369. The van der Waals surface area contributed by atoms with Crippen molar-refractivity contribution in [3.05, 3.63) is 24.3 Å². The van der Waals surface area contributed by atoms with E-state index in [1.807, 2.05) is 19.0 Å². The summed E-state index contributed by atoms with van der Waals surface area (Å²) < 4.78 is 18.8. The Balaban J connectivity index is 3.16. The number of halogens is 1. The molecule has 0 radical (unpaired) electrons. The number of rotatable bonds is 6. The van der Waals surface area contributed by atoms with Crippen molar-refractivity contribution in [3.63, 3.8) is 0 Å². The maximum Gasteiger partial charge on any atom is 0.342 e. The molecule has 0 saturated heterocycles. The van der Waals surface area contributed by atoms with Crippen LogP contribution in [0.3, 0.4) is 0 Å². The summed E-state index contributed by atoms with van der Waals surface area (Å²) in [5, 5.41) is 0.353. The van der Waals surface area contributed by atoms with Gasteiger partial charge in [-0.1, -0.05) is 0 Å². The van der Waals surface area contributed by atoms with E-state index in [9.17, 15) is 9.36 Å². The second-order valence-corrected chi connectivity index (χ2v) is 6.94. The molecule has 0 aliphatic carbocycles. The number of benzene rings is 1. The molecule has 1 amide bonds. The fraction of sp³-hybridized carbons (Fsp3) is 0.417. The molecule has 0 fully saturated rings. The molecule has 0 bridgehead atoms. The van der Waals surface area contributed by atoms with Crippen LogP contribution in [-0.2, 0) is 13.9 Å². The van der Waals surface area contributed by atoms with Gasteiger partial charge in [-0.25, -0.2) is 10.6 Å². The van der Waals surface area contributed by atoms with Crippen LogP contribution < -0.4 is 16.0 Å². The second kappa shape index (κ2) is 7.09. The first-order valence-electron chi connectivity index (χ1n) is 5.97. The topological polar surface area (TPSA) is 75.9 Å². The van der Waals surface area contributed by atoms with Crippen molar-refractivity contribution in [1.29, 1.82) is 0 Å². The van der Waals surface area contributed by atoms with Gasteiger partial charge in [0.2, 0.25) is 5.91 Å². The maximum absolute atomic E-state index is 12.9. The number of carbonyl (C=O) groups is 1. The molecule has 0 aliphatic heterocycles.